The summed E-state index contributed by atoms with van der Waals surface area (Å²) in [5, 5.41) is 46.5. The number of hydrogen-bond acceptors (Lipinski definition) is 14. The van der Waals surface area contributed by atoms with Crippen molar-refractivity contribution in [3.05, 3.63) is 104 Å². The first-order chi connectivity index (χ1) is 27.0. The van der Waals surface area contributed by atoms with Crippen molar-refractivity contribution in [3.8, 4) is 23.0 Å². The predicted octanol–water partition coefficient (Wildman–Crippen LogP) is 10.3. The van der Waals surface area contributed by atoms with Crippen LogP contribution in [0.4, 0.5) is 34.4 Å². The van der Waals surface area contributed by atoms with E-state index in [1.165, 1.54) is 24.3 Å². The third kappa shape index (κ3) is 14.5. The van der Waals surface area contributed by atoms with Gasteiger partial charge in [-0.1, -0.05) is 39.8 Å². The molecule has 0 aliphatic carbocycles. The first-order valence-corrected chi connectivity index (χ1v) is 17.0. The van der Waals surface area contributed by atoms with E-state index in [1.54, 1.807) is 64.8 Å². The molecule has 0 saturated heterocycles. The number of nitro groups is 2. The topological polar surface area (TPSA) is 251 Å². The van der Waals surface area contributed by atoms with Crippen molar-refractivity contribution < 1.29 is 45.3 Å². The van der Waals surface area contributed by atoms with Crippen molar-refractivity contribution >= 4 is 46.1 Å². The molecule has 2 unspecified atom stereocenters. The Morgan fingerprint density at radius 3 is 1.32 bits per heavy atom. The summed E-state index contributed by atoms with van der Waals surface area (Å²) in [7, 11) is 6.20. The number of azo groups is 2. The molecule has 0 amide bonds. The van der Waals surface area contributed by atoms with Crippen LogP contribution < -0.4 is 18.9 Å². The maximum Gasteiger partial charge on any atom is 2.00 e. The maximum absolute atomic E-state index is 10.7. The van der Waals surface area contributed by atoms with Crippen LogP contribution in [0.1, 0.15) is 40.5 Å². The second kappa shape index (κ2) is 24.0. The quantitative estimate of drug-likeness (QED) is 0.0258. The summed E-state index contributed by atoms with van der Waals surface area (Å²) in [6, 6.07) is 15.8. The normalized spacial score (nSPS) is 12.4. The molecule has 0 bridgehead atoms. The first kappa shape index (κ1) is 46.5. The number of pyridine rings is 2. The van der Waals surface area contributed by atoms with Gasteiger partial charge in [-0.3, -0.25) is 20.2 Å². The maximum atomic E-state index is 10.7. The largest absolute Gasteiger partial charge is 2.00 e. The van der Waals surface area contributed by atoms with Crippen molar-refractivity contribution in [2.75, 3.05) is 28.4 Å². The standard InChI is InChI=1S/2C18H21N6O4.Ni/c2*1-5-12(2)18(23-21-17-9-6-13(11-19-17)24(25)26)22-20-15-10-14(27-3)7-8-16(15)28-4;/h2*6-12H,5H2,1-4H3;/q2*-1;+2/b2*22-20?,23-18-;. The molecule has 0 radical (unpaired) electrons. The van der Waals surface area contributed by atoms with Crippen LogP contribution in [0, 0.1) is 32.1 Å². The van der Waals surface area contributed by atoms with E-state index in [4.69, 9.17) is 18.9 Å². The molecule has 0 N–H and O–H groups in total. The second-order valence-electron chi connectivity index (χ2n) is 11.5. The molecular weight excluding hydrogens is 787 g/mol. The van der Waals surface area contributed by atoms with Gasteiger partial charge in [-0.2, -0.15) is 0 Å². The summed E-state index contributed by atoms with van der Waals surface area (Å²) in [6.07, 6.45) is 3.80. The van der Waals surface area contributed by atoms with E-state index in [9.17, 15) is 20.2 Å². The second-order valence-corrected chi connectivity index (χ2v) is 11.5. The van der Waals surface area contributed by atoms with Gasteiger partial charge in [-0.05, 0) is 48.7 Å². The van der Waals surface area contributed by atoms with Gasteiger partial charge in [0.2, 0.25) is 0 Å². The molecule has 0 spiro atoms. The molecule has 21 heteroatoms. The van der Waals surface area contributed by atoms with E-state index in [0.717, 1.165) is 25.2 Å². The van der Waals surface area contributed by atoms with Crippen LogP contribution in [0.3, 0.4) is 0 Å². The summed E-state index contributed by atoms with van der Waals surface area (Å²) < 4.78 is 21.0. The van der Waals surface area contributed by atoms with Gasteiger partial charge in [0.1, 0.15) is 34.4 Å². The Kier molecular flexibility index (Phi) is 19.6. The van der Waals surface area contributed by atoms with Gasteiger partial charge >= 0.3 is 16.5 Å². The van der Waals surface area contributed by atoms with E-state index in [2.05, 4.69) is 51.5 Å². The fraction of sp³-hybridized carbons (Fsp3) is 0.333. The van der Waals surface area contributed by atoms with Gasteiger partial charge in [0, 0.05) is 48.5 Å². The predicted molar refractivity (Wildman–Crippen MR) is 210 cm³/mol. The van der Waals surface area contributed by atoms with Crippen molar-refractivity contribution in [1.29, 1.82) is 0 Å². The van der Waals surface area contributed by atoms with E-state index in [-0.39, 0.29) is 51.3 Å². The first-order valence-electron chi connectivity index (χ1n) is 17.0. The van der Waals surface area contributed by atoms with Crippen molar-refractivity contribution in [1.82, 2.24) is 9.97 Å². The average molecular weight is 830 g/mol. The van der Waals surface area contributed by atoms with Crippen LogP contribution >= 0.6 is 0 Å². The summed E-state index contributed by atoms with van der Waals surface area (Å²) in [4.78, 5) is 28.1. The molecule has 20 nitrogen and oxygen atoms in total. The number of benzene rings is 2. The number of aromatic nitrogens is 2. The summed E-state index contributed by atoms with van der Waals surface area (Å²) in [5.41, 5.74) is 8.77. The Morgan fingerprint density at radius 2 is 1.04 bits per heavy atom. The zero-order chi connectivity index (χ0) is 41.0. The minimum atomic E-state index is -0.527. The molecule has 4 aromatic rings. The molecular formula is C36H42N12NiO8. The molecule has 0 aliphatic heterocycles. The summed E-state index contributed by atoms with van der Waals surface area (Å²) in [6.45, 7) is 7.87. The molecule has 2 aromatic heterocycles. The average Bonchev–Trinajstić information content (AvgIpc) is 3.23. The molecule has 304 valence electrons. The van der Waals surface area contributed by atoms with Crippen molar-refractivity contribution in [3.63, 3.8) is 0 Å². The molecule has 2 heterocycles. The van der Waals surface area contributed by atoms with Crippen molar-refractivity contribution in [2.24, 2.45) is 42.5 Å². The third-order valence-electron chi connectivity index (χ3n) is 7.79. The van der Waals surface area contributed by atoms with Gasteiger partial charge < -0.3 is 39.8 Å². The third-order valence-corrected chi connectivity index (χ3v) is 7.79. The fourth-order valence-electron chi connectivity index (χ4n) is 4.06. The van der Waals surface area contributed by atoms with Crippen LogP contribution in [0.15, 0.2) is 104 Å². The number of hydrogen-bond donors (Lipinski definition) is 0. The Bertz CT molecular complexity index is 1890. The van der Waals surface area contributed by atoms with E-state index in [0.29, 0.717) is 46.0 Å². The number of ether oxygens (including phenoxy) is 4. The van der Waals surface area contributed by atoms with Crippen LogP contribution in [0.25, 0.3) is 10.9 Å². The fourth-order valence-corrected chi connectivity index (χ4v) is 4.06. The molecule has 4 rings (SSSR count). The Balaban J connectivity index is 0.000000387. The van der Waals surface area contributed by atoms with E-state index >= 15 is 0 Å². The minimum Gasteiger partial charge on any atom is -0.497 e. The monoisotopic (exact) mass is 828 g/mol. The van der Waals surface area contributed by atoms with E-state index in [1.807, 2.05) is 27.7 Å². The van der Waals surface area contributed by atoms with Gasteiger partial charge in [-0.15, -0.1) is 20.5 Å². The van der Waals surface area contributed by atoms with Crippen LogP contribution in [0.5, 0.6) is 23.0 Å². The SMILES string of the molecule is CCC(C)/C(N=Nc1cc(OC)ccc1OC)=N/[N-]c1ccc([N+](=O)[O-])cn1.CCC(C)/C(N=Nc1cc(OC)ccc1OC)=N/[N-]c1ccc([N+](=O)[O-])cn1.[Ni+2]. The minimum absolute atomic E-state index is 0. The van der Waals surface area contributed by atoms with Gasteiger partial charge in [0.05, 0.1) is 38.3 Å². The van der Waals surface area contributed by atoms with Crippen molar-refractivity contribution in [2.45, 2.75) is 40.5 Å². The summed E-state index contributed by atoms with van der Waals surface area (Å²) >= 11 is 0. The van der Waals surface area contributed by atoms with Gasteiger partial charge in [0.15, 0.2) is 11.7 Å². The number of amidine groups is 2. The molecule has 2 aromatic carbocycles. The Labute approximate surface area is 339 Å². The van der Waals surface area contributed by atoms with Crippen LogP contribution in [-0.2, 0) is 16.5 Å². The molecule has 2 atom stereocenters. The number of rotatable bonds is 16. The molecule has 57 heavy (non-hydrogen) atoms. The Hall–Kier alpha value is -6.63. The molecule has 0 aliphatic rings. The van der Waals surface area contributed by atoms with Gasteiger partial charge in [-0.25, -0.2) is 10.2 Å². The zero-order valence-corrected chi connectivity index (χ0v) is 33.4. The summed E-state index contributed by atoms with van der Waals surface area (Å²) in [5.74, 6) is 3.57. The zero-order valence-electron chi connectivity index (χ0n) is 32.4. The molecule has 0 fully saturated rings. The molecule has 0 saturated carbocycles. The smallest absolute Gasteiger partial charge is 0.497 e. The Morgan fingerprint density at radius 1 is 0.649 bits per heavy atom. The number of nitrogens with zero attached hydrogens (tertiary/aromatic N) is 12. The van der Waals surface area contributed by atoms with E-state index < -0.39 is 9.85 Å². The van der Waals surface area contributed by atoms with Crippen LogP contribution in [0.2, 0.25) is 0 Å². The number of methoxy groups -OCH3 is 4. The van der Waals surface area contributed by atoms with Gasteiger partial charge in [0.25, 0.3) is 11.4 Å². The van der Waals surface area contributed by atoms with Crippen LogP contribution in [-0.4, -0.2) is 59.9 Å².